The first-order valence-electron chi connectivity index (χ1n) is 9.00. The zero-order valence-electron chi connectivity index (χ0n) is 16.0. The van der Waals surface area contributed by atoms with Crippen LogP contribution in [0.15, 0.2) is 46.2 Å². The lowest BCUT2D eigenvalue weighted by Gasteiger charge is -2.13. The van der Waals surface area contributed by atoms with Crippen LogP contribution >= 0.6 is 11.8 Å². The summed E-state index contributed by atoms with van der Waals surface area (Å²) in [4.78, 5) is 12.4. The highest BCUT2D eigenvalue weighted by atomic mass is 32.2. The number of aryl methyl sites for hydroxylation is 1. The van der Waals surface area contributed by atoms with Gasteiger partial charge in [-0.3, -0.25) is 4.79 Å². The number of rotatable bonds is 7. The second kappa shape index (κ2) is 8.43. The van der Waals surface area contributed by atoms with E-state index < -0.39 is 0 Å². The van der Waals surface area contributed by atoms with Crippen molar-refractivity contribution in [2.45, 2.75) is 45.3 Å². The van der Waals surface area contributed by atoms with Crippen molar-refractivity contribution in [3.05, 3.63) is 47.9 Å². The number of para-hydroxylation sites is 1. The topological polar surface area (TPSA) is 73.0 Å². The maximum Gasteiger partial charge on any atom is 0.234 e. The summed E-state index contributed by atoms with van der Waals surface area (Å²) < 4.78 is 7.37. The Morgan fingerprint density at radius 3 is 2.70 bits per heavy atom. The largest absolute Gasteiger partial charge is 0.469 e. The summed E-state index contributed by atoms with van der Waals surface area (Å²) in [5.74, 6) is 2.13. The minimum Gasteiger partial charge on any atom is -0.469 e. The van der Waals surface area contributed by atoms with Crippen LogP contribution in [0.3, 0.4) is 0 Å². The SMILES string of the molecule is CCn1c(SCC(=O)Nc2ccccc2C(C)C)nnc1-c1ccoc1C. The minimum atomic E-state index is -0.0557. The lowest BCUT2D eigenvalue weighted by molar-refractivity contribution is -0.113. The molecule has 142 valence electrons. The zero-order chi connectivity index (χ0) is 19.4. The van der Waals surface area contributed by atoms with Crippen LogP contribution in [0.4, 0.5) is 5.69 Å². The minimum absolute atomic E-state index is 0.0557. The molecule has 6 nitrogen and oxygen atoms in total. The number of amides is 1. The number of carbonyl (C=O) groups excluding carboxylic acids is 1. The average molecular weight is 385 g/mol. The molecule has 0 fully saturated rings. The molecule has 2 heterocycles. The van der Waals surface area contributed by atoms with Crippen LogP contribution in [-0.2, 0) is 11.3 Å². The van der Waals surface area contributed by atoms with Crippen LogP contribution < -0.4 is 5.32 Å². The molecule has 3 rings (SSSR count). The van der Waals surface area contributed by atoms with E-state index in [4.69, 9.17) is 4.42 Å². The Bertz CT molecular complexity index is 930. The van der Waals surface area contributed by atoms with Crippen molar-refractivity contribution in [3.63, 3.8) is 0 Å². The third-order valence-corrected chi connectivity index (χ3v) is 5.29. The third-order valence-electron chi connectivity index (χ3n) is 4.32. The van der Waals surface area contributed by atoms with Gasteiger partial charge in [0.15, 0.2) is 11.0 Å². The number of anilines is 1. The molecule has 0 aliphatic carbocycles. The molecular weight excluding hydrogens is 360 g/mol. The molecule has 7 heteroatoms. The van der Waals surface area contributed by atoms with Gasteiger partial charge in [0.2, 0.25) is 5.91 Å². The van der Waals surface area contributed by atoms with Gasteiger partial charge in [-0.15, -0.1) is 10.2 Å². The first-order valence-corrected chi connectivity index (χ1v) is 9.99. The van der Waals surface area contributed by atoms with Gasteiger partial charge in [0, 0.05) is 12.2 Å². The van der Waals surface area contributed by atoms with Gasteiger partial charge < -0.3 is 14.3 Å². The third kappa shape index (κ3) is 4.24. The van der Waals surface area contributed by atoms with Gasteiger partial charge in [-0.1, -0.05) is 43.8 Å². The molecule has 0 spiro atoms. The van der Waals surface area contributed by atoms with E-state index in [1.54, 1.807) is 6.26 Å². The molecule has 2 aromatic heterocycles. The maximum absolute atomic E-state index is 12.4. The predicted octanol–water partition coefficient (Wildman–Crippen LogP) is 4.72. The van der Waals surface area contributed by atoms with E-state index in [1.807, 2.05) is 48.7 Å². The number of furan rings is 1. The van der Waals surface area contributed by atoms with Crippen molar-refractivity contribution < 1.29 is 9.21 Å². The van der Waals surface area contributed by atoms with Crippen molar-refractivity contribution in [1.82, 2.24) is 14.8 Å². The second-order valence-electron chi connectivity index (χ2n) is 6.52. The molecule has 0 radical (unpaired) electrons. The Morgan fingerprint density at radius 2 is 2.04 bits per heavy atom. The summed E-state index contributed by atoms with van der Waals surface area (Å²) in [5.41, 5.74) is 2.92. The van der Waals surface area contributed by atoms with E-state index in [0.29, 0.717) is 12.5 Å². The van der Waals surface area contributed by atoms with Crippen molar-refractivity contribution in [3.8, 4) is 11.4 Å². The van der Waals surface area contributed by atoms with Gasteiger partial charge >= 0.3 is 0 Å². The highest BCUT2D eigenvalue weighted by molar-refractivity contribution is 7.99. The van der Waals surface area contributed by atoms with Crippen LogP contribution in [-0.4, -0.2) is 26.4 Å². The van der Waals surface area contributed by atoms with E-state index in [9.17, 15) is 4.79 Å². The molecule has 0 saturated carbocycles. The monoisotopic (exact) mass is 384 g/mol. The fourth-order valence-corrected chi connectivity index (χ4v) is 3.73. The van der Waals surface area contributed by atoms with E-state index in [2.05, 4.69) is 29.4 Å². The van der Waals surface area contributed by atoms with Gasteiger partial charge in [-0.05, 0) is 37.5 Å². The number of benzene rings is 1. The van der Waals surface area contributed by atoms with Gasteiger partial charge in [0.25, 0.3) is 0 Å². The molecular formula is C20H24N4O2S. The predicted molar refractivity (Wildman–Crippen MR) is 108 cm³/mol. The summed E-state index contributed by atoms with van der Waals surface area (Å²) in [6, 6.07) is 9.78. The van der Waals surface area contributed by atoms with E-state index in [1.165, 1.54) is 11.8 Å². The first-order chi connectivity index (χ1) is 13.0. The van der Waals surface area contributed by atoms with Gasteiger partial charge in [0.05, 0.1) is 17.6 Å². The number of hydrogen-bond acceptors (Lipinski definition) is 5. The lowest BCUT2D eigenvalue weighted by atomic mass is 10.0. The van der Waals surface area contributed by atoms with Crippen LogP contribution in [0.2, 0.25) is 0 Å². The molecule has 0 atom stereocenters. The van der Waals surface area contributed by atoms with Crippen molar-refractivity contribution >= 4 is 23.4 Å². The quantitative estimate of drug-likeness (QED) is 0.597. The maximum atomic E-state index is 12.4. The van der Waals surface area contributed by atoms with Crippen LogP contribution in [0.25, 0.3) is 11.4 Å². The normalized spacial score (nSPS) is 11.1. The van der Waals surface area contributed by atoms with Crippen LogP contribution in [0, 0.1) is 6.92 Å². The number of nitrogens with zero attached hydrogens (tertiary/aromatic N) is 3. The van der Waals surface area contributed by atoms with E-state index >= 15 is 0 Å². The van der Waals surface area contributed by atoms with Crippen molar-refractivity contribution in [1.29, 1.82) is 0 Å². The molecule has 0 saturated heterocycles. The fraction of sp³-hybridized carbons (Fsp3) is 0.350. The molecule has 3 aromatic rings. The smallest absolute Gasteiger partial charge is 0.234 e. The van der Waals surface area contributed by atoms with Crippen molar-refractivity contribution in [2.75, 3.05) is 11.1 Å². The van der Waals surface area contributed by atoms with Gasteiger partial charge in [0.1, 0.15) is 5.76 Å². The molecule has 0 aliphatic rings. The van der Waals surface area contributed by atoms with Crippen LogP contribution in [0.5, 0.6) is 0 Å². The molecule has 0 bridgehead atoms. The van der Waals surface area contributed by atoms with Crippen LogP contribution in [0.1, 0.15) is 38.0 Å². The Morgan fingerprint density at radius 1 is 1.26 bits per heavy atom. The molecule has 0 aliphatic heterocycles. The fourth-order valence-electron chi connectivity index (χ4n) is 2.93. The Hall–Kier alpha value is -2.54. The Labute approximate surface area is 163 Å². The standard InChI is InChI=1S/C20H24N4O2S/c1-5-24-19(16-10-11-26-14(16)4)22-23-20(24)27-12-18(25)21-17-9-7-6-8-15(17)13(2)3/h6-11,13H,5,12H2,1-4H3,(H,21,25). The van der Waals surface area contributed by atoms with E-state index in [0.717, 1.165) is 33.6 Å². The molecule has 0 unspecified atom stereocenters. The van der Waals surface area contributed by atoms with Gasteiger partial charge in [-0.2, -0.15) is 0 Å². The highest BCUT2D eigenvalue weighted by Gasteiger charge is 2.17. The number of aromatic nitrogens is 3. The van der Waals surface area contributed by atoms with E-state index in [-0.39, 0.29) is 11.7 Å². The van der Waals surface area contributed by atoms with Gasteiger partial charge in [-0.25, -0.2) is 0 Å². The number of hydrogen-bond donors (Lipinski definition) is 1. The second-order valence-corrected chi connectivity index (χ2v) is 7.46. The average Bonchev–Trinajstić information content (AvgIpc) is 3.25. The lowest BCUT2D eigenvalue weighted by Crippen LogP contribution is -2.16. The van der Waals surface area contributed by atoms with Crippen molar-refractivity contribution in [2.24, 2.45) is 0 Å². The first kappa shape index (κ1) is 19.2. The summed E-state index contributed by atoms with van der Waals surface area (Å²) >= 11 is 1.38. The Kier molecular flexibility index (Phi) is 6.01. The Balaban J connectivity index is 1.70. The number of carbonyl (C=O) groups is 1. The molecule has 27 heavy (non-hydrogen) atoms. The zero-order valence-corrected chi connectivity index (χ0v) is 16.8. The summed E-state index contributed by atoms with van der Waals surface area (Å²) in [6.45, 7) is 8.88. The molecule has 1 amide bonds. The number of thioether (sulfide) groups is 1. The number of nitrogens with one attached hydrogen (secondary N) is 1. The molecule has 1 aromatic carbocycles. The summed E-state index contributed by atoms with van der Waals surface area (Å²) in [6.07, 6.45) is 1.64. The highest BCUT2D eigenvalue weighted by Crippen LogP contribution is 2.27. The molecule has 1 N–H and O–H groups in total. The summed E-state index contributed by atoms with van der Waals surface area (Å²) in [7, 11) is 0. The summed E-state index contributed by atoms with van der Waals surface area (Å²) in [5, 5.41) is 12.3.